The maximum absolute atomic E-state index is 12.6. The van der Waals surface area contributed by atoms with Gasteiger partial charge in [0.15, 0.2) is 0 Å². The van der Waals surface area contributed by atoms with Crippen LogP contribution < -0.4 is 5.32 Å². The molecule has 138 valence electrons. The smallest absolute Gasteiger partial charge is 0.352 e. The molecular formula is C19H25F3N2O. The molecule has 25 heavy (non-hydrogen) atoms. The molecule has 1 aliphatic heterocycles. The van der Waals surface area contributed by atoms with E-state index >= 15 is 0 Å². The number of nitrogens with one attached hydrogen (secondary N) is 1. The predicted octanol–water partition coefficient (Wildman–Crippen LogP) is 3.77. The highest BCUT2D eigenvalue weighted by molar-refractivity contribution is 5.78. The van der Waals surface area contributed by atoms with Crippen LogP contribution in [0.15, 0.2) is 24.3 Å². The van der Waals surface area contributed by atoms with Gasteiger partial charge in [0.1, 0.15) is 0 Å². The second kappa shape index (κ2) is 7.77. The average Bonchev–Trinajstić information content (AvgIpc) is 3.09. The Bertz CT molecular complexity index is 579. The van der Waals surface area contributed by atoms with Crippen molar-refractivity contribution in [1.82, 2.24) is 10.2 Å². The third-order valence-electron chi connectivity index (χ3n) is 5.30. The molecule has 2 aliphatic rings. The fraction of sp³-hybridized carbons (Fsp3) is 0.632. The predicted molar refractivity (Wildman–Crippen MR) is 90.1 cm³/mol. The third-order valence-corrected chi connectivity index (χ3v) is 5.30. The lowest BCUT2D eigenvalue weighted by Crippen LogP contribution is -2.50. The second-order valence-corrected chi connectivity index (χ2v) is 7.21. The number of rotatable bonds is 4. The number of amides is 1. The summed E-state index contributed by atoms with van der Waals surface area (Å²) >= 11 is 0. The van der Waals surface area contributed by atoms with Gasteiger partial charge in [-0.2, -0.15) is 13.2 Å². The molecule has 1 saturated carbocycles. The second-order valence-electron chi connectivity index (χ2n) is 7.21. The first-order chi connectivity index (χ1) is 11.9. The Kier molecular flexibility index (Phi) is 5.67. The summed E-state index contributed by atoms with van der Waals surface area (Å²) in [7, 11) is 0. The van der Waals surface area contributed by atoms with E-state index in [0.717, 1.165) is 38.1 Å². The minimum atomic E-state index is -4.34. The van der Waals surface area contributed by atoms with Gasteiger partial charge in [0, 0.05) is 18.6 Å². The molecular weight excluding hydrogens is 329 g/mol. The summed E-state index contributed by atoms with van der Waals surface area (Å²) in [5, 5.41) is 3.06. The molecule has 1 amide bonds. The normalized spacial score (nSPS) is 22.9. The van der Waals surface area contributed by atoms with Crippen LogP contribution in [0.4, 0.5) is 13.2 Å². The zero-order valence-electron chi connectivity index (χ0n) is 14.3. The van der Waals surface area contributed by atoms with Crippen LogP contribution in [0.5, 0.6) is 0 Å². The van der Waals surface area contributed by atoms with E-state index in [2.05, 4.69) is 10.2 Å². The van der Waals surface area contributed by atoms with E-state index in [1.807, 2.05) is 0 Å². The monoisotopic (exact) mass is 354 g/mol. The summed E-state index contributed by atoms with van der Waals surface area (Å²) in [6.07, 6.45) is 2.95. The number of nitrogens with zero attached hydrogens (tertiary/aromatic N) is 1. The van der Waals surface area contributed by atoms with Crippen molar-refractivity contribution in [2.24, 2.45) is 0 Å². The lowest BCUT2D eigenvalue weighted by molar-refractivity contribution is -0.137. The number of hydrogen-bond donors (Lipinski definition) is 1. The standard InChI is InChI=1S/C19H25F3N2O/c20-19(21,22)15-9-7-14(8-10-15)12-18(25)23-16-4-3-11-24(13-16)17-5-1-2-6-17/h7-10,16-17H,1-6,11-13H2,(H,23,25)/t16-/m1/s1. The number of carbonyl (C=O) groups is 1. The van der Waals surface area contributed by atoms with E-state index in [1.165, 1.54) is 37.8 Å². The lowest BCUT2D eigenvalue weighted by atomic mass is 10.0. The Morgan fingerprint density at radius 3 is 2.40 bits per heavy atom. The van der Waals surface area contributed by atoms with Crippen LogP contribution in [0.25, 0.3) is 0 Å². The van der Waals surface area contributed by atoms with E-state index in [4.69, 9.17) is 0 Å². The van der Waals surface area contributed by atoms with E-state index < -0.39 is 11.7 Å². The van der Waals surface area contributed by atoms with Crippen molar-refractivity contribution in [2.45, 2.75) is 63.2 Å². The van der Waals surface area contributed by atoms with Crippen LogP contribution >= 0.6 is 0 Å². The van der Waals surface area contributed by atoms with Crippen molar-refractivity contribution in [2.75, 3.05) is 13.1 Å². The fourth-order valence-corrected chi connectivity index (χ4v) is 4.00. The highest BCUT2D eigenvalue weighted by atomic mass is 19.4. The Labute approximate surface area is 146 Å². The number of carbonyl (C=O) groups excluding carboxylic acids is 1. The van der Waals surface area contributed by atoms with Gasteiger partial charge in [0.05, 0.1) is 12.0 Å². The van der Waals surface area contributed by atoms with Crippen LogP contribution in [0.3, 0.4) is 0 Å². The van der Waals surface area contributed by atoms with Gasteiger partial charge in [-0.05, 0) is 49.9 Å². The van der Waals surface area contributed by atoms with Gasteiger partial charge in [0.2, 0.25) is 5.91 Å². The highest BCUT2D eigenvalue weighted by Gasteiger charge is 2.30. The minimum absolute atomic E-state index is 0.113. The Balaban J connectivity index is 1.50. The molecule has 3 nitrogen and oxygen atoms in total. The maximum Gasteiger partial charge on any atom is 0.416 e. The molecule has 0 unspecified atom stereocenters. The van der Waals surface area contributed by atoms with Crippen molar-refractivity contribution in [3.05, 3.63) is 35.4 Å². The molecule has 1 N–H and O–H groups in total. The Hall–Kier alpha value is -1.56. The molecule has 2 fully saturated rings. The van der Waals surface area contributed by atoms with Crippen LogP contribution in [0, 0.1) is 0 Å². The SMILES string of the molecule is O=C(Cc1ccc(C(F)(F)F)cc1)N[C@@H]1CCCN(C2CCCC2)C1. The molecule has 0 spiro atoms. The molecule has 1 aliphatic carbocycles. The number of alkyl halides is 3. The first-order valence-corrected chi connectivity index (χ1v) is 9.11. The van der Waals surface area contributed by atoms with Crippen molar-refractivity contribution in [3.8, 4) is 0 Å². The van der Waals surface area contributed by atoms with Crippen LogP contribution in [-0.2, 0) is 17.4 Å². The van der Waals surface area contributed by atoms with Gasteiger partial charge in [-0.3, -0.25) is 9.69 Å². The Morgan fingerprint density at radius 2 is 1.76 bits per heavy atom. The molecule has 1 aromatic carbocycles. The third kappa shape index (κ3) is 4.97. The summed E-state index contributed by atoms with van der Waals surface area (Å²) < 4.78 is 37.7. The summed E-state index contributed by atoms with van der Waals surface area (Å²) in [5.41, 5.74) is -0.0786. The summed E-state index contributed by atoms with van der Waals surface area (Å²) in [4.78, 5) is 14.7. The van der Waals surface area contributed by atoms with Crippen molar-refractivity contribution >= 4 is 5.91 Å². The lowest BCUT2D eigenvalue weighted by Gasteiger charge is -2.37. The van der Waals surface area contributed by atoms with Crippen LogP contribution in [-0.4, -0.2) is 36.0 Å². The molecule has 6 heteroatoms. The van der Waals surface area contributed by atoms with Crippen molar-refractivity contribution in [1.29, 1.82) is 0 Å². The number of likely N-dealkylation sites (tertiary alicyclic amines) is 1. The average molecular weight is 354 g/mol. The summed E-state index contributed by atoms with van der Waals surface area (Å²) in [5.74, 6) is -0.113. The summed E-state index contributed by atoms with van der Waals surface area (Å²) in [6.45, 7) is 2.00. The first-order valence-electron chi connectivity index (χ1n) is 9.11. The van der Waals surface area contributed by atoms with Crippen molar-refractivity contribution in [3.63, 3.8) is 0 Å². The highest BCUT2D eigenvalue weighted by Crippen LogP contribution is 2.29. The molecule has 1 aromatic rings. The summed E-state index contributed by atoms with van der Waals surface area (Å²) in [6, 6.07) is 5.64. The zero-order valence-corrected chi connectivity index (χ0v) is 14.3. The van der Waals surface area contributed by atoms with E-state index in [1.54, 1.807) is 0 Å². The van der Waals surface area contributed by atoms with Gasteiger partial charge in [-0.15, -0.1) is 0 Å². The van der Waals surface area contributed by atoms with Crippen molar-refractivity contribution < 1.29 is 18.0 Å². The van der Waals surface area contributed by atoms with Crippen LogP contribution in [0.1, 0.15) is 49.7 Å². The maximum atomic E-state index is 12.6. The Morgan fingerprint density at radius 1 is 1.08 bits per heavy atom. The zero-order chi connectivity index (χ0) is 17.9. The molecule has 3 rings (SSSR count). The van der Waals surface area contributed by atoms with Gasteiger partial charge in [-0.25, -0.2) is 0 Å². The van der Waals surface area contributed by atoms with Crippen LogP contribution in [0.2, 0.25) is 0 Å². The largest absolute Gasteiger partial charge is 0.416 e. The molecule has 1 saturated heterocycles. The van der Waals surface area contributed by atoms with E-state index in [-0.39, 0.29) is 18.4 Å². The molecule has 1 atom stereocenters. The molecule has 0 bridgehead atoms. The fourth-order valence-electron chi connectivity index (χ4n) is 4.00. The molecule has 0 radical (unpaired) electrons. The number of benzene rings is 1. The topological polar surface area (TPSA) is 32.3 Å². The first kappa shape index (κ1) is 18.2. The van der Waals surface area contributed by atoms with Gasteiger partial charge in [0.25, 0.3) is 0 Å². The molecule has 0 aromatic heterocycles. The minimum Gasteiger partial charge on any atom is -0.352 e. The number of hydrogen-bond acceptors (Lipinski definition) is 2. The number of halogens is 3. The molecule has 1 heterocycles. The van der Waals surface area contributed by atoms with Gasteiger partial charge < -0.3 is 5.32 Å². The van der Waals surface area contributed by atoms with Gasteiger partial charge >= 0.3 is 6.18 Å². The van der Waals surface area contributed by atoms with E-state index in [9.17, 15) is 18.0 Å². The van der Waals surface area contributed by atoms with E-state index in [0.29, 0.717) is 11.6 Å². The van der Waals surface area contributed by atoms with Gasteiger partial charge in [-0.1, -0.05) is 25.0 Å². The number of piperidine rings is 1. The quantitative estimate of drug-likeness (QED) is 0.893.